The van der Waals surface area contributed by atoms with Gasteiger partial charge in [-0.3, -0.25) is 4.79 Å². The van der Waals surface area contributed by atoms with Gasteiger partial charge in [0.05, 0.1) is 16.6 Å². The molecule has 0 aliphatic carbocycles. The fourth-order valence-electron chi connectivity index (χ4n) is 0.981. The third kappa shape index (κ3) is 1.91. The van der Waals surface area contributed by atoms with E-state index in [9.17, 15) is 13.6 Å². The maximum Gasteiger partial charge on any atom is 0.183 e. The highest BCUT2D eigenvalue weighted by Gasteiger charge is 2.21. The molecule has 0 aromatic heterocycles. The molecule has 0 bridgehead atoms. The first-order valence-corrected chi connectivity index (χ1v) is 4.26. The highest BCUT2D eigenvalue weighted by molar-refractivity contribution is 6.34. The SMILES string of the molecule is CC(N)C(=O)c1c(Cl)ccc(F)c1F. The lowest BCUT2D eigenvalue weighted by molar-refractivity contribution is 0.0963. The van der Waals surface area contributed by atoms with Gasteiger partial charge in [0.1, 0.15) is 0 Å². The van der Waals surface area contributed by atoms with E-state index < -0.39 is 29.0 Å². The van der Waals surface area contributed by atoms with Crippen LogP contribution in [0.1, 0.15) is 17.3 Å². The van der Waals surface area contributed by atoms with Gasteiger partial charge in [0, 0.05) is 0 Å². The molecule has 1 atom stereocenters. The minimum absolute atomic E-state index is 0.133. The minimum Gasteiger partial charge on any atom is -0.321 e. The van der Waals surface area contributed by atoms with E-state index in [0.29, 0.717) is 0 Å². The van der Waals surface area contributed by atoms with E-state index >= 15 is 0 Å². The van der Waals surface area contributed by atoms with Gasteiger partial charge in [-0.15, -0.1) is 0 Å². The number of carbonyl (C=O) groups excluding carboxylic acids is 1. The van der Waals surface area contributed by atoms with Gasteiger partial charge in [-0.2, -0.15) is 0 Å². The van der Waals surface area contributed by atoms with E-state index in [1.165, 1.54) is 6.92 Å². The second-order valence-corrected chi connectivity index (χ2v) is 3.28. The Morgan fingerprint density at radius 2 is 2.07 bits per heavy atom. The van der Waals surface area contributed by atoms with E-state index in [4.69, 9.17) is 17.3 Å². The zero-order valence-corrected chi connectivity index (χ0v) is 8.11. The van der Waals surface area contributed by atoms with Crippen molar-refractivity contribution in [2.45, 2.75) is 13.0 Å². The Hall–Kier alpha value is -1.00. The fraction of sp³-hybridized carbons (Fsp3) is 0.222. The van der Waals surface area contributed by atoms with Gasteiger partial charge in [0.2, 0.25) is 0 Å². The molecular formula is C9H8ClF2NO. The molecule has 1 rings (SSSR count). The van der Waals surface area contributed by atoms with Crippen LogP contribution in [-0.4, -0.2) is 11.8 Å². The first kappa shape index (κ1) is 11.1. The summed E-state index contributed by atoms with van der Waals surface area (Å²) in [5, 5.41) is -0.133. The lowest BCUT2D eigenvalue weighted by atomic mass is 10.1. The van der Waals surface area contributed by atoms with E-state index in [0.717, 1.165) is 12.1 Å². The number of hydrogen-bond donors (Lipinski definition) is 1. The molecule has 0 radical (unpaired) electrons. The molecule has 14 heavy (non-hydrogen) atoms. The second-order valence-electron chi connectivity index (χ2n) is 2.87. The predicted molar refractivity (Wildman–Crippen MR) is 49.3 cm³/mol. The van der Waals surface area contributed by atoms with Crippen LogP contribution in [0.3, 0.4) is 0 Å². The zero-order valence-electron chi connectivity index (χ0n) is 7.35. The van der Waals surface area contributed by atoms with Gasteiger partial charge >= 0.3 is 0 Å². The molecule has 0 amide bonds. The average molecular weight is 220 g/mol. The Bertz CT molecular complexity index is 379. The Balaban J connectivity index is 3.33. The van der Waals surface area contributed by atoms with Crippen molar-refractivity contribution in [3.63, 3.8) is 0 Å². The molecule has 1 aromatic carbocycles. The molecule has 0 saturated carbocycles. The van der Waals surface area contributed by atoms with Crippen LogP contribution in [0.15, 0.2) is 12.1 Å². The third-order valence-corrected chi connectivity index (χ3v) is 2.02. The van der Waals surface area contributed by atoms with Crippen molar-refractivity contribution in [1.82, 2.24) is 0 Å². The van der Waals surface area contributed by atoms with Crippen molar-refractivity contribution < 1.29 is 13.6 Å². The Morgan fingerprint density at radius 1 is 1.50 bits per heavy atom. The highest BCUT2D eigenvalue weighted by Crippen LogP contribution is 2.22. The molecule has 0 aliphatic rings. The maximum atomic E-state index is 13.1. The summed E-state index contributed by atoms with van der Waals surface area (Å²) in [4.78, 5) is 11.3. The van der Waals surface area contributed by atoms with Crippen LogP contribution in [-0.2, 0) is 0 Å². The van der Waals surface area contributed by atoms with Crippen molar-refractivity contribution in [3.05, 3.63) is 34.4 Å². The largest absolute Gasteiger partial charge is 0.321 e. The Labute approximate surface area is 84.7 Å². The van der Waals surface area contributed by atoms with Crippen LogP contribution in [0.4, 0.5) is 8.78 Å². The molecule has 2 N–H and O–H groups in total. The monoisotopic (exact) mass is 219 g/mol. The summed E-state index contributed by atoms with van der Waals surface area (Å²) in [6.45, 7) is 1.38. The molecule has 0 saturated heterocycles. The molecule has 5 heteroatoms. The number of rotatable bonds is 2. The van der Waals surface area contributed by atoms with Gasteiger partial charge in [-0.1, -0.05) is 11.6 Å². The first-order valence-electron chi connectivity index (χ1n) is 3.88. The molecule has 1 aromatic rings. The Morgan fingerprint density at radius 3 is 2.57 bits per heavy atom. The number of Topliss-reactive ketones (excluding diaryl/α,β-unsaturated/α-hetero) is 1. The number of carbonyl (C=O) groups is 1. The van der Waals surface area contributed by atoms with E-state index in [1.54, 1.807) is 0 Å². The molecular weight excluding hydrogens is 212 g/mol. The van der Waals surface area contributed by atoms with Crippen molar-refractivity contribution in [1.29, 1.82) is 0 Å². The predicted octanol–water partition coefficient (Wildman–Crippen LogP) is 2.15. The van der Waals surface area contributed by atoms with Crippen LogP contribution >= 0.6 is 11.6 Å². The van der Waals surface area contributed by atoms with Gasteiger partial charge in [-0.25, -0.2) is 8.78 Å². The van der Waals surface area contributed by atoms with Crippen LogP contribution in [0.5, 0.6) is 0 Å². The quantitative estimate of drug-likeness (QED) is 0.612. The number of halogens is 3. The fourth-order valence-corrected chi connectivity index (χ4v) is 1.22. The summed E-state index contributed by atoms with van der Waals surface area (Å²) in [6.07, 6.45) is 0. The molecule has 0 aliphatic heterocycles. The minimum atomic E-state index is -1.25. The lowest BCUT2D eigenvalue weighted by Gasteiger charge is -2.07. The van der Waals surface area contributed by atoms with Gasteiger partial charge in [0.15, 0.2) is 17.4 Å². The molecule has 0 fully saturated rings. The van der Waals surface area contributed by atoms with Crippen LogP contribution in [0.25, 0.3) is 0 Å². The molecule has 0 heterocycles. The average Bonchev–Trinajstić information content (AvgIpc) is 2.12. The zero-order chi connectivity index (χ0) is 10.9. The molecule has 76 valence electrons. The topological polar surface area (TPSA) is 43.1 Å². The van der Waals surface area contributed by atoms with Crippen LogP contribution < -0.4 is 5.73 Å². The van der Waals surface area contributed by atoms with Crippen LogP contribution in [0, 0.1) is 11.6 Å². The summed E-state index contributed by atoms with van der Waals surface area (Å²) in [6, 6.07) is 1.06. The summed E-state index contributed by atoms with van der Waals surface area (Å²) in [5.74, 6) is -3.08. The van der Waals surface area contributed by atoms with Crippen molar-refractivity contribution >= 4 is 17.4 Å². The summed E-state index contributed by atoms with van der Waals surface area (Å²) in [7, 11) is 0. The van der Waals surface area contributed by atoms with Crippen molar-refractivity contribution in [2.24, 2.45) is 5.73 Å². The highest BCUT2D eigenvalue weighted by atomic mass is 35.5. The standard InChI is InChI=1S/C9H8ClF2NO/c1-4(13)9(14)7-5(10)2-3-6(11)8(7)12/h2-4H,13H2,1H3. The van der Waals surface area contributed by atoms with Crippen LogP contribution in [0.2, 0.25) is 5.02 Å². The van der Waals surface area contributed by atoms with Crippen molar-refractivity contribution in [3.8, 4) is 0 Å². The Kier molecular flexibility index (Phi) is 3.18. The lowest BCUT2D eigenvalue weighted by Crippen LogP contribution is -2.28. The third-order valence-electron chi connectivity index (χ3n) is 1.70. The maximum absolute atomic E-state index is 13.1. The number of ketones is 1. The first-order chi connectivity index (χ1) is 6.45. The van der Waals surface area contributed by atoms with E-state index in [1.807, 2.05) is 0 Å². The van der Waals surface area contributed by atoms with Gasteiger partial charge < -0.3 is 5.73 Å². The number of hydrogen-bond acceptors (Lipinski definition) is 2. The van der Waals surface area contributed by atoms with Gasteiger partial charge in [-0.05, 0) is 19.1 Å². The smallest absolute Gasteiger partial charge is 0.183 e. The molecule has 2 nitrogen and oxygen atoms in total. The number of nitrogens with two attached hydrogens (primary N) is 1. The van der Waals surface area contributed by atoms with E-state index in [-0.39, 0.29) is 5.02 Å². The normalized spacial score (nSPS) is 12.6. The van der Waals surface area contributed by atoms with Crippen molar-refractivity contribution in [2.75, 3.05) is 0 Å². The molecule has 0 spiro atoms. The van der Waals surface area contributed by atoms with Gasteiger partial charge in [0.25, 0.3) is 0 Å². The molecule has 1 unspecified atom stereocenters. The number of benzene rings is 1. The summed E-state index contributed by atoms with van der Waals surface area (Å²) >= 11 is 5.56. The van der Waals surface area contributed by atoms with E-state index in [2.05, 4.69) is 0 Å². The summed E-state index contributed by atoms with van der Waals surface area (Å²) in [5.41, 5.74) is 4.77. The second kappa shape index (κ2) is 4.02. The summed E-state index contributed by atoms with van der Waals surface area (Å²) < 4.78 is 25.9.